The van der Waals surface area contributed by atoms with Gasteiger partial charge in [0.1, 0.15) is 46.5 Å². The van der Waals surface area contributed by atoms with Gasteiger partial charge in [0.05, 0.1) is 0 Å². The van der Waals surface area contributed by atoms with Gasteiger partial charge in [0.25, 0.3) is 0 Å². The summed E-state index contributed by atoms with van der Waals surface area (Å²) in [7, 11) is -2.14. The van der Waals surface area contributed by atoms with Crippen LogP contribution in [-0.2, 0) is 6.16 Å². The van der Waals surface area contributed by atoms with Gasteiger partial charge >= 0.3 is 0 Å². The maximum absolute atomic E-state index is 13.7. The Morgan fingerprint density at radius 3 is 1.57 bits per heavy atom. The van der Waals surface area contributed by atoms with Gasteiger partial charge in [-0.05, 0) is 74.5 Å². The summed E-state index contributed by atoms with van der Waals surface area (Å²) in [6.07, 6.45) is 0.753. The van der Waals surface area contributed by atoms with Gasteiger partial charge in [-0.25, -0.2) is 9.07 Å². The fourth-order valence-electron chi connectivity index (χ4n) is 4.70. The molecule has 0 saturated carbocycles. The average molecular weight is 481 g/mol. The van der Waals surface area contributed by atoms with E-state index in [1.165, 1.54) is 28.0 Å². The zero-order valence-electron chi connectivity index (χ0n) is 19.9. The second-order valence-corrected chi connectivity index (χ2v) is 12.4. The smallest absolute Gasteiger partial charge is 0.123 e. The van der Waals surface area contributed by atoms with Crippen LogP contribution in [0.4, 0.5) is 4.39 Å². The van der Waals surface area contributed by atoms with Crippen molar-refractivity contribution in [1.29, 1.82) is 0 Å². The van der Waals surface area contributed by atoms with Crippen LogP contribution in [0.25, 0.3) is 11.3 Å². The molecule has 1 heterocycles. The summed E-state index contributed by atoms with van der Waals surface area (Å²) >= 11 is 0. The van der Waals surface area contributed by atoms with Gasteiger partial charge < -0.3 is 0 Å². The zero-order chi connectivity index (χ0) is 24.3. The summed E-state index contributed by atoms with van der Waals surface area (Å²) in [5, 5.41) is 13.1. The number of aromatic nitrogens is 3. The summed E-state index contributed by atoms with van der Waals surface area (Å²) < 4.78 is 15.8. The molecule has 5 rings (SSSR count). The normalized spacial score (nSPS) is 11.7. The van der Waals surface area contributed by atoms with Crippen molar-refractivity contribution in [2.45, 2.75) is 26.1 Å². The third-order valence-electron chi connectivity index (χ3n) is 6.38. The van der Waals surface area contributed by atoms with Crippen LogP contribution in [-0.4, -0.2) is 15.0 Å². The van der Waals surface area contributed by atoms with E-state index in [-0.39, 0.29) is 11.9 Å². The van der Waals surface area contributed by atoms with E-state index in [1.807, 2.05) is 4.68 Å². The van der Waals surface area contributed by atoms with E-state index < -0.39 is 7.26 Å². The number of hydrogen-bond acceptors (Lipinski definition) is 2. The van der Waals surface area contributed by atoms with Gasteiger partial charge in [-0.15, -0.1) is 5.10 Å². The first kappa shape index (κ1) is 23.1. The molecule has 0 aliphatic heterocycles. The molecule has 0 saturated heterocycles. The van der Waals surface area contributed by atoms with E-state index in [2.05, 4.69) is 115 Å². The van der Waals surface area contributed by atoms with E-state index in [0.717, 1.165) is 23.1 Å². The summed E-state index contributed by atoms with van der Waals surface area (Å²) in [5.41, 5.74) is 2.75. The highest BCUT2D eigenvalue weighted by Crippen LogP contribution is 2.58. The first-order valence-electron chi connectivity index (χ1n) is 11.8. The van der Waals surface area contributed by atoms with E-state index in [4.69, 9.17) is 0 Å². The molecule has 5 aromatic rings. The molecular weight excluding hydrogens is 452 g/mol. The van der Waals surface area contributed by atoms with Crippen molar-refractivity contribution in [2.75, 3.05) is 0 Å². The van der Waals surface area contributed by atoms with E-state index in [0.29, 0.717) is 0 Å². The van der Waals surface area contributed by atoms with Crippen molar-refractivity contribution in [2.24, 2.45) is 0 Å². The second kappa shape index (κ2) is 9.93. The van der Waals surface area contributed by atoms with Crippen molar-refractivity contribution in [3.05, 3.63) is 127 Å². The lowest BCUT2D eigenvalue weighted by molar-refractivity contribution is 0.501. The molecule has 174 valence electrons. The fraction of sp³-hybridized carbons (Fsp3) is 0.133. The minimum atomic E-state index is -2.14. The third-order valence-corrected chi connectivity index (χ3v) is 10.7. The minimum absolute atomic E-state index is 0.135. The maximum atomic E-state index is 13.7. The van der Waals surface area contributed by atoms with Crippen molar-refractivity contribution in [3.63, 3.8) is 0 Å². The Balaban J connectivity index is 1.80. The van der Waals surface area contributed by atoms with Crippen LogP contribution in [0.15, 0.2) is 115 Å². The third kappa shape index (κ3) is 4.42. The summed E-state index contributed by atoms with van der Waals surface area (Å²) in [5.74, 6) is -0.258. The lowest BCUT2D eigenvalue weighted by Crippen LogP contribution is -2.33. The topological polar surface area (TPSA) is 30.7 Å². The number of rotatable bonds is 7. The standard InChI is InChI=1S/C30H28FN3P/c1-23(2)34-29(30(32-33-34)24-18-20-25(31)21-19-24)22-35(26-12-6-3-7-13-26,27-14-8-4-9-15-27)28-16-10-5-11-17-28/h3-21,23H,22H2,1-2H3/q+1. The second-order valence-electron chi connectivity index (χ2n) is 8.90. The van der Waals surface area contributed by atoms with Crippen LogP contribution in [0, 0.1) is 5.82 Å². The predicted octanol–water partition coefficient (Wildman–Crippen LogP) is 6.16. The van der Waals surface area contributed by atoms with Gasteiger partial charge in [0.2, 0.25) is 0 Å². The number of nitrogens with zero attached hydrogens (tertiary/aromatic N) is 3. The van der Waals surface area contributed by atoms with Gasteiger partial charge in [-0.3, -0.25) is 0 Å². The highest BCUT2D eigenvalue weighted by atomic mass is 31.2. The van der Waals surface area contributed by atoms with Gasteiger partial charge in [0.15, 0.2) is 0 Å². The Morgan fingerprint density at radius 2 is 1.14 bits per heavy atom. The van der Waals surface area contributed by atoms with Crippen LogP contribution < -0.4 is 15.9 Å². The summed E-state index contributed by atoms with van der Waals surface area (Å²) in [4.78, 5) is 0. The van der Waals surface area contributed by atoms with E-state index >= 15 is 0 Å². The molecule has 4 aromatic carbocycles. The monoisotopic (exact) mass is 480 g/mol. The molecular formula is C30H28FN3P+. The van der Waals surface area contributed by atoms with Crippen molar-refractivity contribution in [3.8, 4) is 11.3 Å². The number of halogens is 1. The highest BCUT2D eigenvalue weighted by Gasteiger charge is 2.47. The molecule has 0 unspecified atom stereocenters. The largest absolute Gasteiger partial charge is 0.242 e. The quantitative estimate of drug-likeness (QED) is 0.261. The molecule has 3 nitrogen and oxygen atoms in total. The Bertz CT molecular complexity index is 1290. The molecule has 35 heavy (non-hydrogen) atoms. The van der Waals surface area contributed by atoms with Gasteiger partial charge in [-0.1, -0.05) is 59.8 Å². The molecule has 0 amide bonds. The maximum Gasteiger partial charge on any atom is 0.123 e. The average Bonchev–Trinajstić information content (AvgIpc) is 3.33. The van der Waals surface area contributed by atoms with E-state index in [9.17, 15) is 4.39 Å². The lowest BCUT2D eigenvalue weighted by Gasteiger charge is -2.28. The van der Waals surface area contributed by atoms with Crippen molar-refractivity contribution >= 4 is 23.2 Å². The molecule has 0 spiro atoms. The van der Waals surface area contributed by atoms with Gasteiger partial charge in [0, 0.05) is 11.6 Å². The highest BCUT2D eigenvalue weighted by molar-refractivity contribution is 7.95. The summed E-state index contributed by atoms with van der Waals surface area (Å²) in [6, 6.07) is 39.1. The minimum Gasteiger partial charge on any atom is -0.242 e. The molecule has 0 N–H and O–H groups in total. The number of benzene rings is 4. The van der Waals surface area contributed by atoms with Crippen LogP contribution >= 0.6 is 7.26 Å². The fourth-order valence-corrected chi connectivity index (χ4v) is 8.93. The molecule has 0 aliphatic rings. The molecule has 0 bridgehead atoms. The Kier molecular flexibility index (Phi) is 6.57. The van der Waals surface area contributed by atoms with Crippen molar-refractivity contribution < 1.29 is 4.39 Å². The summed E-state index contributed by atoms with van der Waals surface area (Å²) in [6.45, 7) is 4.25. The van der Waals surface area contributed by atoms with Crippen molar-refractivity contribution in [1.82, 2.24) is 15.0 Å². The molecule has 0 fully saturated rings. The SMILES string of the molecule is CC(C)n1nnc(-c2ccc(F)cc2)c1C[P+](c1ccccc1)(c1ccccc1)c1ccccc1. The van der Waals surface area contributed by atoms with Crippen LogP contribution in [0.1, 0.15) is 25.6 Å². The van der Waals surface area contributed by atoms with E-state index in [1.54, 1.807) is 12.1 Å². The molecule has 0 radical (unpaired) electrons. The predicted molar refractivity (Wildman–Crippen MR) is 145 cm³/mol. The first-order valence-corrected chi connectivity index (χ1v) is 13.8. The molecule has 1 aromatic heterocycles. The lowest BCUT2D eigenvalue weighted by atomic mass is 10.1. The Hall–Kier alpha value is -3.62. The number of hydrogen-bond donors (Lipinski definition) is 0. The van der Waals surface area contributed by atoms with Gasteiger partial charge in [-0.2, -0.15) is 0 Å². The Labute approximate surface area is 206 Å². The molecule has 0 aliphatic carbocycles. The molecule has 0 atom stereocenters. The molecule has 5 heteroatoms. The van der Waals surface area contributed by atoms with Crippen LogP contribution in [0.3, 0.4) is 0 Å². The van der Waals surface area contributed by atoms with Crippen LogP contribution in [0.2, 0.25) is 0 Å². The Morgan fingerprint density at radius 1 is 0.686 bits per heavy atom. The zero-order valence-corrected chi connectivity index (χ0v) is 20.8. The van der Waals surface area contributed by atoms with Crippen LogP contribution in [0.5, 0.6) is 0 Å². The first-order chi connectivity index (χ1) is 17.1.